The number of nitrogens with one attached hydrogen (secondary N) is 2. The molecule has 9 nitrogen and oxygen atoms in total. The SMILES string of the molecule is Cc1ccc2c(c1)c(-c1ncn[nH]1)c1n2C[C@](C)(NC(=O)c2ccc(-n3cnnc3)cc2Cl)CC1. The molecule has 0 saturated heterocycles. The second-order valence-corrected chi connectivity index (χ2v) is 9.72. The van der Waals surface area contributed by atoms with E-state index in [9.17, 15) is 4.79 Å². The molecule has 1 atom stereocenters. The first kappa shape index (κ1) is 21.5. The van der Waals surface area contributed by atoms with Gasteiger partial charge in [0.1, 0.15) is 19.0 Å². The number of aromatic amines is 1. The summed E-state index contributed by atoms with van der Waals surface area (Å²) in [6.07, 6.45) is 6.28. The summed E-state index contributed by atoms with van der Waals surface area (Å²) in [5.41, 5.74) is 5.36. The summed E-state index contributed by atoms with van der Waals surface area (Å²) in [4.78, 5) is 17.7. The van der Waals surface area contributed by atoms with Gasteiger partial charge < -0.3 is 9.88 Å². The van der Waals surface area contributed by atoms with Crippen LogP contribution < -0.4 is 5.32 Å². The maximum atomic E-state index is 13.3. The number of benzene rings is 2. The van der Waals surface area contributed by atoms with Crippen molar-refractivity contribution in [1.29, 1.82) is 0 Å². The summed E-state index contributed by atoms with van der Waals surface area (Å²) in [7, 11) is 0. The van der Waals surface area contributed by atoms with Crippen LogP contribution in [0.1, 0.15) is 35.0 Å². The highest BCUT2D eigenvalue weighted by molar-refractivity contribution is 6.34. The molecule has 10 heteroatoms. The van der Waals surface area contributed by atoms with E-state index < -0.39 is 5.54 Å². The number of hydrogen-bond donors (Lipinski definition) is 2. The predicted molar refractivity (Wildman–Crippen MR) is 133 cm³/mol. The molecule has 0 aliphatic carbocycles. The third-order valence-electron chi connectivity index (χ3n) is 6.73. The molecule has 0 bridgehead atoms. The fraction of sp³-hybridized carbons (Fsp3) is 0.240. The zero-order valence-electron chi connectivity index (χ0n) is 19.3. The highest BCUT2D eigenvalue weighted by Crippen LogP contribution is 2.39. The molecule has 0 radical (unpaired) electrons. The Hall–Kier alpha value is -3.98. The first-order valence-electron chi connectivity index (χ1n) is 11.4. The average molecular weight is 487 g/mol. The molecule has 2 aromatic carbocycles. The predicted octanol–water partition coefficient (Wildman–Crippen LogP) is 4.10. The van der Waals surface area contributed by atoms with Crippen molar-refractivity contribution in [2.24, 2.45) is 0 Å². The zero-order chi connectivity index (χ0) is 24.2. The molecule has 176 valence electrons. The number of aryl methyl sites for hydroxylation is 1. The first-order valence-corrected chi connectivity index (χ1v) is 11.7. The van der Waals surface area contributed by atoms with E-state index in [0.717, 1.165) is 40.8 Å². The van der Waals surface area contributed by atoms with Crippen molar-refractivity contribution in [2.45, 2.75) is 38.8 Å². The molecule has 35 heavy (non-hydrogen) atoms. The highest BCUT2D eigenvalue weighted by Gasteiger charge is 2.35. The van der Waals surface area contributed by atoms with Gasteiger partial charge in [-0.2, -0.15) is 5.10 Å². The van der Waals surface area contributed by atoms with Crippen LogP contribution in [0.2, 0.25) is 5.02 Å². The van der Waals surface area contributed by atoms with Crippen LogP contribution in [-0.4, -0.2) is 46.0 Å². The van der Waals surface area contributed by atoms with E-state index in [2.05, 4.69) is 67.3 Å². The lowest BCUT2D eigenvalue weighted by molar-refractivity contribution is 0.0884. The molecule has 5 aromatic rings. The molecular weight excluding hydrogens is 464 g/mol. The van der Waals surface area contributed by atoms with Crippen molar-refractivity contribution in [1.82, 2.24) is 39.8 Å². The summed E-state index contributed by atoms with van der Waals surface area (Å²) in [6.45, 7) is 4.81. The van der Waals surface area contributed by atoms with Crippen molar-refractivity contribution in [3.05, 3.63) is 77.2 Å². The molecule has 6 rings (SSSR count). The number of halogens is 1. The smallest absolute Gasteiger partial charge is 0.253 e. The lowest BCUT2D eigenvalue weighted by atomic mass is 9.89. The van der Waals surface area contributed by atoms with Crippen LogP contribution in [0.4, 0.5) is 0 Å². The van der Waals surface area contributed by atoms with E-state index >= 15 is 0 Å². The van der Waals surface area contributed by atoms with Crippen LogP contribution >= 0.6 is 11.6 Å². The van der Waals surface area contributed by atoms with Crippen LogP contribution in [0.3, 0.4) is 0 Å². The average Bonchev–Trinajstić information content (AvgIpc) is 3.59. The molecule has 3 aromatic heterocycles. The molecule has 1 aliphatic rings. The second kappa shape index (κ2) is 8.06. The van der Waals surface area contributed by atoms with Gasteiger partial charge in [0.2, 0.25) is 0 Å². The van der Waals surface area contributed by atoms with Gasteiger partial charge in [-0.15, -0.1) is 10.2 Å². The fourth-order valence-electron chi connectivity index (χ4n) is 5.00. The van der Waals surface area contributed by atoms with Crippen LogP contribution in [0.25, 0.3) is 28.0 Å². The summed E-state index contributed by atoms with van der Waals surface area (Å²) >= 11 is 6.50. The second-order valence-electron chi connectivity index (χ2n) is 9.31. The Morgan fingerprint density at radius 1 is 1.17 bits per heavy atom. The van der Waals surface area contributed by atoms with E-state index in [-0.39, 0.29) is 5.91 Å². The first-order chi connectivity index (χ1) is 16.9. The Bertz CT molecular complexity index is 1550. The molecule has 0 unspecified atom stereocenters. The van der Waals surface area contributed by atoms with Crippen molar-refractivity contribution in [3.8, 4) is 17.1 Å². The standard InChI is InChI=1S/C25H23ClN8O/c1-15-3-6-20-18(9-15)22(23-27-12-28-32-23)21-7-8-25(2,11-34(20)21)31-24(35)17-5-4-16(10-19(17)26)33-13-29-30-14-33/h3-6,9-10,12-14H,7-8,11H2,1-2H3,(H,31,35)(H,27,28,32)/t25-/m1/s1. The number of rotatable bonds is 4. The maximum Gasteiger partial charge on any atom is 0.253 e. The lowest BCUT2D eigenvalue weighted by Gasteiger charge is -2.36. The van der Waals surface area contributed by atoms with E-state index in [1.807, 2.05) is 6.07 Å². The monoisotopic (exact) mass is 486 g/mol. The van der Waals surface area contributed by atoms with Gasteiger partial charge in [-0.05, 0) is 57.0 Å². The minimum absolute atomic E-state index is 0.195. The van der Waals surface area contributed by atoms with Gasteiger partial charge in [-0.25, -0.2) is 4.98 Å². The Kier molecular flexibility index (Phi) is 4.96. The third-order valence-corrected chi connectivity index (χ3v) is 7.04. The quantitative estimate of drug-likeness (QED) is 0.397. The molecule has 1 aliphatic heterocycles. The van der Waals surface area contributed by atoms with E-state index in [4.69, 9.17) is 11.6 Å². The molecule has 4 heterocycles. The van der Waals surface area contributed by atoms with E-state index in [0.29, 0.717) is 17.1 Å². The Labute approximate surface area is 206 Å². The van der Waals surface area contributed by atoms with Crippen LogP contribution in [-0.2, 0) is 13.0 Å². The summed E-state index contributed by atoms with van der Waals surface area (Å²) in [5, 5.41) is 19.5. The lowest BCUT2D eigenvalue weighted by Crippen LogP contribution is -2.51. The van der Waals surface area contributed by atoms with Gasteiger partial charge in [0.25, 0.3) is 5.91 Å². The van der Waals surface area contributed by atoms with Crippen molar-refractivity contribution < 1.29 is 4.79 Å². The van der Waals surface area contributed by atoms with Gasteiger partial charge in [-0.1, -0.05) is 23.2 Å². The third kappa shape index (κ3) is 3.68. The number of carbonyl (C=O) groups excluding carboxylic acids is 1. The topological polar surface area (TPSA) is 106 Å². The van der Waals surface area contributed by atoms with Crippen molar-refractivity contribution in [2.75, 3.05) is 0 Å². The fourth-order valence-corrected chi connectivity index (χ4v) is 5.26. The number of aromatic nitrogens is 7. The zero-order valence-corrected chi connectivity index (χ0v) is 20.0. The Morgan fingerprint density at radius 3 is 2.74 bits per heavy atom. The van der Waals surface area contributed by atoms with Crippen LogP contribution in [0, 0.1) is 6.92 Å². The normalized spacial score (nSPS) is 17.5. The number of hydrogen-bond acceptors (Lipinski definition) is 5. The van der Waals surface area contributed by atoms with Gasteiger partial charge in [0.05, 0.1) is 16.1 Å². The summed E-state index contributed by atoms with van der Waals surface area (Å²) in [5.74, 6) is 0.570. The summed E-state index contributed by atoms with van der Waals surface area (Å²) in [6, 6.07) is 11.7. The molecule has 2 N–H and O–H groups in total. The van der Waals surface area contributed by atoms with Crippen molar-refractivity contribution >= 4 is 28.4 Å². The molecule has 0 spiro atoms. The molecule has 0 saturated carbocycles. The van der Waals surface area contributed by atoms with E-state index in [1.165, 1.54) is 17.6 Å². The molecule has 0 fully saturated rings. The maximum absolute atomic E-state index is 13.3. The Morgan fingerprint density at radius 2 is 2.00 bits per heavy atom. The number of nitrogens with zero attached hydrogens (tertiary/aromatic N) is 6. The van der Waals surface area contributed by atoms with Gasteiger partial charge in [0, 0.05) is 34.4 Å². The summed E-state index contributed by atoms with van der Waals surface area (Å²) < 4.78 is 4.04. The molecule has 1 amide bonds. The number of fused-ring (bicyclic) bond motifs is 3. The highest BCUT2D eigenvalue weighted by atomic mass is 35.5. The number of amides is 1. The van der Waals surface area contributed by atoms with Gasteiger partial charge in [-0.3, -0.25) is 14.5 Å². The van der Waals surface area contributed by atoms with E-state index in [1.54, 1.807) is 29.4 Å². The minimum atomic E-state index is -0.449. The van der Waals surface area contributed by atoms with Gasteiger partial charge in [0.15, 0.2) is 5.82 Å². The Balaban J connectivity index is 1.32. The molecular formula is C25H23ClN8O. The van der Waals surface area contributed by atoms with Crippen LogP contribution in [0.5, 0.6) is 0 Å². The van der Waals surface area contributed by atoms with Crippen molar-refractivity contribution in [3.63, 3.8) is 0 Å². The number of carbonyl (C=O) groups is 1. The number of H-pyrrole nitrogens is 1. The van der Waals surface area contributed by atoms with Crippen LogP contribution in [0.15, 0.2) is 55.4 Å². The largest absolute Gasteiger partial charge is 0.345 e. The van der Waals surface area contributed by atoms with Gasteiger partial charge >= 0.3 is 0 Å². The minimum Gasteiger partial charge on any atom is -0.345 e.